The molecule has 0 saturated heterocycles. The molecule has 1 N–H and O–H groups in total. The Balaban J connectivity index is 0.00000147. The zero-order valence-electron chi connectivity index (χ0n) is 13.3. The first-order chi connectivity index (χ1) is 9.30. The Morgan fingerprint density at radius 3 is 2.00 bits per heavy atom. The number of unbranched alkanes of at least 4 members (excludes halogenated alkanes) is 3. The fourth-order valence-corrected chi connectivity index (χ4v) is 5.75. The standard InChI is InChI=1S/C18H33N.ClH/c1-2-3-4-5-7-19-8-6-18-12-15-9-16(13-18)11-17(10-15)14-18;/h15-17,19H,2-14H2,1H3;1H. The van der Waals surface area contributed by atoms with Crippen LogP contribution in [0.5, 0.6) is 0 Å². The quantitative estimate of drug-likeness (QED) is 0.609. The average molecular weight is 300 g/mol. The van der Waals surface area contributed by atoms with E-state index in [2.05, 4.69) is 12.2 Å². The Hall–Kier alpha value is 0.250. The van der Waals surface area contributed by atoms with Gasteiger partial charge in [-0.2, -0.15) is 0 Å². The van der Waals surface area contributed by atoms with Gasteiger partial charge in [-0.3, -0.25) is 0 Å². The van der Waals surface area contributed by atoms with Crippen LogP contribution >= 0.6 is 12.4 Å². The molecule has 4 rings (SSSR count). The molecule has 0 spiro atoms. The van der Waals surface area contributed by atoms with Crippen molar-refractivity contribution in [1.29, 1.82) is 0 Å². The summed E-state index contributed by atoms with van der Waals surface area (Å²) in [6.07, 6.45) is 16.5. The molecule has 1 nitrogen and oxygen atoms in total. The van der Waals surface area contributed by atoms with Gasteiger partial charge in [0.2, 0.25) is 0 Å². The predicted molar refractivity (Wildman–Crippen MR) is 89.5 cm³/mol. The molecule has 4 saturated carbocycles. The Kier molecular flexibility index (Phi) is 6.23. The average Bonchev–Trinajstić information content (AvgIpc) is 2.36. The van der Waals surface area contributed by atoms with Gasteiger partial charge in [-0.25, -0.2) is 0 Å². The maximum absolute atomic E-state index is 3.72. The van der Waals surface area contributed by atoms with Gasteiger partial charge in [0, 0.05) is 0 Å². The summed E-state index contributed by atoms with van der Waals surface area (Å²) in [6.45, 7) is 4.84. The summed E-state index contributed by atoms with van der Waals surface area (Å²) in [4.78, 5) is 0. The van der Waals surface area contributed by atoms with Crippen molar-refractivity contribution in [3.8, 4) is 0 Å². The molecule has 0 aliphatic heterocycles. The zero-order chi connectivity index (χ0) is 13.1. The summed E-state index contributed by atoms with van der Waals surface area (Å²) >= 11 is 0. The van der Waals surface area contributed by atoms with Crippen LogP contribution in [0.15, 0.2) is 0 Å². The third-order valence-electron chi connectivity index (χ3n) is 6.20. The highest BCUT2D eigenvalue weighted by molar-refractivity contribution is 5.85. The van der Waals surface area contributed by atoms with Crippen LogP contribution in [0.3, 0.4) is 0 Å². The second-order valence-electron chi connectivity index (χ2n) is 7.98. The number of hydrogen-bond donors (Lipinski definition) is 1. The summed E-state index contributed by atoms with van der Waals surface area (Å²) in [7, 11) is 0. The molecular formula is C18H34ClN. The van der Waals surface area contributed by atoms with Gasteiger partial charge in [0.25, 0.3) is 0 Å². The van der Waals surface area contributed by atoms with E-state index in [0.29, 0.717) is 0 Å². The maximum Gasteiger partial charge on any atom is -0.00436 e. The summed E-state index contributed by atoms with van der Waals surface area (Å²) < 4.78 is 0. The minimum absolute atomic E-state index is 0. The molecular weight excluding hydrogens is 266 g/mol. The van der Waals surface area contributed by atoms with Crippen LogP contribution in [0.1, 0.15) is 77.6 Å². The Bertz CT molecular complexity index is 254. The van der Waals surface area contributed by atoms with Crippen LogP contribution in [0.25, 0.3) is 0 Å². The topological polar surface area (TPSA) is 12.0 Å². The van der Waals surface area contributed by atoms with E-state index in [1.165, 1.54) is 45.2 Å². The van der Waals surface area contributed by atoms with Crippen molar-refractivity contribution in [3.63, 3.8) is 0 Å². The van der Waals surface area contributed by atoms with Gasteiger partial charge >= 0.3 is 0 Å². The Labute approximate surface area is 132 Å². The van der Waals surface area contributed by atoms with E-state index in [1.807, 2.05) is 0 Å². The predicted octanol–water partition coefficient (Wildman–Crippen LogP) is 5.18. The van der Waals surface area contributed by atoms with E-state index >= 15 is 0 Å². The second-order valence-corrected chi connectivity index (χ2v) is 7.98. The molecule has 0 aromatic heterocycles. The highest BCUT2D eigenvalue weighted by Crippen LogP contribution is 2.61. The van der Waals surface area contributed by atoms with Crippen LogP contribution < -0.4 is 5.32 Å². The molecule has 0 unspecified atom stereocenters. The molecule has 0 heterocycles. The van der Waals surface area contributed by atoms with E-state index in [0.717, 1.165) is 23.2 Å². The van der Waals surface area contributed by atoms with Crippen LogP contribution in [0, 0.1) is 23.2 Å². The second kappa shape index (κ2) is 7.49. The molecule has 118 valence electrons. The highest BCUT2D eigenvalue weighted by atomic mass is 35.5. The number of nitrogens with one attached hydrogen (secondary N) is 1. The van der Waals surface area contributed by atoms with Gasteiger partial charge in [0.1, 0.15) is 0 Å². The maximum atomic E-state index is 3.72. The summed E-state index contributed by atoms with van der Waals surface area (Å²) in [5.41, 5.74) is 0.783. The molecule has 20 heavy (non-hydrogen) atoms. The molecule has 4 aliphatic carbocycles. The van der Waals surface area contributed by atoms with Gasteiger partial charge in [-0.1, -0.05) is 26.2 Å². The zero-order valence-corrected chi connectivity index (χ0v) is 14.1. The molecule has 0 radical (unpaired) electrons. The van der Waals surface area contributed by atoms with Gasteiger partial charge in [0.05, 0.1) is 0 Å². The van der Waals surface area contributed by atoms with Crippen molar-refractivity contribution in [2.24, 2.45) is 23.2 Å². The lowest BCUT2D eigenvalue weighted by Gasteiger charge is -2.57. The first kappa shape index (κ1) is 16.6. The Morgan fingerprint density at radius 2 is 1.45 bits per heavy atom. The summed E-state index contributed by atoms with van der Waals surface area (Å²) in [5, 5.41) is 3.72. The van der Waals surface area contributed by atoms with E-state index in [-0.39, 0.29) is 12.4 Å². The normalized spacial score (nSPS) is 38.0. The molecule has 0 aromatic rings. The third kappa shape index (κ3) is 3.91. The van der Waals surface area contributed by atoms with Gasteiger partial charge in [0.15, 0.2) is 0 Å². The fraction of sp³-hybridized carbons (Fsp3) is 1.00. The minimum atomic E-state index is 0. The SMILES string of the molecule is CCCCCCNCCC12CC3CC(CC(C3)C1)C2.Cl. The van der Waals surface area contributed by atoms with Gasteiger partial charge < -0.3 is 5.32 Å². The Morgan fingerprint density at radius 1 is 0.850 bits per heavy atom. The van der Waals surface area contributed by atoms with Crippen molar-refractivity contribution in [3.05, 3.63) is 0 Å². The lowest BCUT2D eigenvalue weighted by Crippen LogP contribution is -2.47. The van der Waals surface area contributed by atoms with Crippen LogP contribution in [0.4, 0.5) is 0 Å². The molecule has 4 bridgehead atoms. The first-order valence-electron chi connectivity index (χ1n) is 9.00. The number of hydrogen-bond acceptors (Lipinski definition) is 1. The van der Waals surface area contributed by atoms with Gasteiger partial charge in [-0.05, 0) is 87.6 Å². The van der Waals surface area contributed by atoms with Crippen molar-refractivity contribution in [2.75, 3.05) is 13.1 Å². The largest absolute Gasteiger partial charge is 0.317 e. The van der Waals surface area contributed by atoms with E-state index < -0.39 is 0 Å². The molecule has 2 heteroatoms. The first-order valence-corrected chi connectivity index (χ1v) is 9.00. The van der Waals surface area contributed by atoms with Crippen LogP contribution in [0.2, 0.25) is 0 Å². The highest BCUT2D eigenvalue weighted by Gasteiger charge is 2.50. The monoisotopic (exact) mass is 299 g/mol. The summed E-state index contributed by atoms with van der Waals surface area (Å²) in [6, 6.07) is 0. The number of rotatable bonds is 8. The lowest BCUT2D eigenvalue weighted by molar-refractivity contribution is -0.0567. The van der Waals surface area contributed by atoms with Crippen LogP contribution in [-0.4, -0.2) is 13.1 Å². The van der Waals surface area contributed by atoms with Crippen LogP contribution in [-0.2, 0) is 0 Å². The van der Waals surface area contributed by atoms with Crippen molar-refractivity contribution >= 4 is 12.4 Å². The number of halogens is 1. The molecule has 4 aliphatic rings. The molecule has 0 amide bonds. The van der Waals surface area contributed by atoms with Crippen molar-refractivity contribution in [2.45, 2.75) is 77.6 Å². The fourth-order valence-electron chi connectivity index (χ4n) is 5.75. The smallest absolute Gasteiger partial charge is 0.00436 e. The minimum Gasteiger partial charge on any atom is -0.317 e. The molecule has 0 aromatic carbocycles. The molecule has 0 atom stereocenters. The van der Waals surface area contributed by atoms with E-state index in [1.54, 1.807) is 38.5 Å². The molecule has 4 fully saturated rings. The van der Waals surface area contributed by atoms with E-state index in [4.69, 9.17) is 0 Å². The summed E-state index contributed by atoms with van der Waals surface area (Å²) in [5.74, 6) is 3.36. The van der Waals surface area contributed by atoms with Crippen molar-refractivity contribution in [1.82, 2.24) is 5.32 Å². The third-order valence-corrected chi connectivity index (χ3v) is 6.20. The van der Waals surface area contributed by atoms with E-state index in [9.17, 15) is 0 Å². The lowest BCUT2D eigenvalue weighted by atomic mass is 9.49. The van der Waals surface area contributed by atoms with Gasteiger partial charge in [-0.15, -0.1) is 12.4 Å². The van der Waals surface area contributed by atoms with Crippen molar-refractivity contribution < 1.29 is 0 Å².